The highest BCUT2D eigenvalue weighted by Gasteiger charge is 2.31. The summed E-state index contributed by atoms with van der Waals surface area (Å²) >= 11 is 0. The Morgan fingerprint density at radius 2 is 2.04 bits per heavy atom. The van der Waals surface area contributed by atoms with Crippen LogP contribution in [-0.4, -0.2) is 28.0 Å². The average molecular weight is 334 g/mol. The molecule has 0 spiro atoms. The van der Waals surface area contributed by atoms with Gasteiger partial charge in [0.15, 0.2) is 0 Å². The molecule has 25 heavy (non-hydrogen) atoms. The molecule has 3 N–H and O–H groups in total. The minimum absolute atomic E-state index is 0.0730. The molecule has 1 saturated carbocycles. The van der Waals surface area contributed by atoms with Gasteiger partial charge in [0.05, 0.1) is 11.0 Å². The lowest BCUT2D eigenvalue weighted by Gasteiger charge is -2.16. The van der Waals surface area contributed by atoms with Gasteiger partial charge >= 0.3 is 0 Å². The van der Waals surface area contributed by atoms with Gasteiger partial charge in [-0.2, -0.15) is 0 Å². The second kappa shape index (κ2) is 6.33. The molecule has 1 aliphatic rings. The van der Waals surface area contributed by atoms with Crippen molar-refractivity contribution in [2.24, 2.45) is 11.7 Å². The van der Waals surface area contributed by atoms with Crippen LogP contribution in [0.1, 0.15) is 29.0 Å². The first-order valence-corrected chi connectivity index (χ1v) is 8.73. The molecule has 2 aromatic carbocycles. The molecule has 5 heteroatoms. The maximum Gasteiger partial charge on any atom is 0.251 e. The van der Waals surface area contributed by atoms with E-state index in [2.05, 4.69) is 27.0 Å². The number of aromatic nitrogens is 2. The van der Waals surface area contributed by atoms with Crippen LogP contribution in [0.15, 0.2) is 48.5 Å². The van der Waals surface area contributed by atoms with Crippen molar-refractivity contribution >= 4 is 16.9 Å². The lowest BCUT2D eigenvalue weighted by Crippen LogP contribution is -2.41. The van der Waals surface area contributed by atoms with Gasteiger partial charge in [0.2, 0.25) is 0 Å². The number of hydrogen-bond donors (Lipinski definition) is 2. The molecule has 1 atom stereocenters. The summed E-state index contributed by atoms with van der Waals surface area (Å²) in [6, 6.07) is 15.9. The van der Waals surface area contributed by atoms with E-state index in [0.717, 1.165) is 35.4 Å². The number of aryl methyl sites for hydroxylation is 1. The minimum atomic E-state index is -0.0730. The van der Waals surface area contributed by atoms with Crippen molar-refractivity contribution in [3.63, 3.8) is 0 Å². The average Bonchev–Trinajstić information content (AvgIpc) is 3.41. The van der Waals surface area contributed by atoms with Crippen molar-refractivity contribution in [3.8, 4) is 5.69 Å². The molecule has 1 unspecified atom stereocenters. The van der Waals surface area contributed by atoms with Gasteiger partial charge in [0.25, 0.3) is 5.91 Å². The fraction of sp³-hybridized carbons (Fsp3) is 0.300. The fourth-order valence-electron chi connectivity index (χ4n) is 3.36. The van der Waals surface area contributed by atoms with Crippen LogP contribution in [0, 0.1) is 12.8 Å². The Morgan fingerprint density at radius 1 is 1.28 bits per heavy atom. The SMILES string of the molecule is Cc1nc2cc(C(=O)NC(CN)C3CC3)ccc2n1-c1ccccc1. The number of amides is 1. The molecule has 0 bridgehead atoms. The van der Waals surface area contributed by atoms with Gasteiger partial charge in [-0.1, -0.05) is 18.2 Å². The summed E-state index contributed by atoms with van der Waals surface area (Å²) in [5.74, 6) is 1.37. The number of carbonyl (C=O) groups is 1. The first-order chi connectivity index (χ1) is 12.2. The number of nitrogens with two attached hydrogens (primary N) is 1. The highest BCUT2D eigenvalue weighted by atomic mass is 16.1. The monoisotopic (exact) mass is 334 g/mol. The Kier molecular flexibility index (Phi) is 4.01. The number of nitrogens with one attached hydrogen (secondary N) is 1. The molecular weight excluding hydrogens is 312 g/mol. The van der Waals surface area contributed by atoms with E-state index in [-0.39, 0.29) is 11.9 Å². The molecule has 128 valence electrons. The number of nitrogens with zero attached hydrogens (tertiary/aromatic N) is 2. The van der Waals surface area contributed by atoms with E-state index in [9.17, 15) is 4.79 Å². The Balaban J connectivity index is 1.66. The second-order valence-corrected chi connectivity index (χ2v) is 6.69. The Hall–Kier alpha value is -2.66. The number of hydrogen-bond acceptors (Lipinski definition) is 3. The summed E-state index contributed by atoms with van der Waals surface area (Å²) in [6.45, 7) is 2.46. The van der Waals surface area contributed by atoms with Crippen LogP contribution in [0.25, 0.3) is 16.7 Å². The van der Waals surface area contributed by atoms with Crippen LogP contribution in [-0.2, 0) is 0 Å². The van der Waals surface area contributed by atoms with Gasteiger partial charge < -0.3 is 11.1 Å². The first-order valence-electron chi connectivity index (χ1n) is 8.73. The van der Waals surface area contributed by atoms with Crippen molar-refractivity contribution < 1.29 is 4.79 Å². The molecule has 0 aliphatic heterocycles. The van der Waals surface area contributed by atoms with Crippen LogP contribution in [0.4, 0.5) is 0 Å². The molecule has 1 amide bonds. The standard InChI is InChI=1S/C20H22N4O/c1-13-22-17-11-15(20(25)23-18(12-21)14-7-8-14)9-10-19(17)24(13)16-5-3-2-4-6-16/h2-6,9-11,14,18H,7-8,12,21H2,1H3,(H,23,25). The molecule has 1 heterocycles. The van der Waals surface area contributed by atoms with Crippen molar-refractivity contribution in [2.45, 2.75) is 25.8 Å². The summed E-state index contributed by atoms with van der Waals surface area (Å²) in [5.41, 5.74) is 9.30. The smallest absolute Gasteiger partial charge is 0.251 e. The zero-order valence-electron chi connectivity index (χ0n) is 14.3. The second-order valence-electron chi connectivity index (χ2n) is 6.69. The molecule has 1 aliphatic carbocycles. The maximum absolute atomic E-state index is 12.6. The van der Waals surface area contributed by atoms with Crippen molar-refractivity contribution in [1.29, 1.82) is 0 Å². The lowest BCUT2D eigenvalue weighted by atomic mass is 10.1. The maximum atomic E-state index is 12.6. The molecule has 1 fully saturated rings. The van der Waals surface area contributed by atoms with Gasteiger partial charge in [0.1, 0.15) is 5.82 Å². The highest BCUT2D eigenvalue weighted by molar-refractivity contribution is 5.97. The van der Waals surface area contributed by atoms with Crippen molar-refractivity contribution in [2.75, 3.05) is 6.54 Å². The van der Waals surface area contributed by atoms with Crippen molar-refractivity contribution in [3.05, 3.63) is 59.9 Å². The number of imidazole rings is 1. The number of benzene rings is 2. The zero-order chi connectivity index (χ0) is 17.4. The summed E-state index contributed by atoms with van der Waals surface area (Å²) in [6.07, 6.45) is 2.31. The number of fused-ring (bicyclic) bond motifs is 1. The zero-order valence-corrected chi connectivity index (χ0v) is 14.3. The topological polar surface area (TPSA) is 72.9 Å². The third kappa shape index (κ3) is 3.03. The summed E-state index contributed by atoms with van der Waals surface area (Å²) in [4.78, 5) is 17.2. The van der Waals surface area contributed by atoms with Crippen molar-refractivity contribution in [1.82, 2.24) is 14.9 Å². The molecule has 0 radical (unpaired) electrons. The fourth-order valence-corrected chi connectivity index (χ4v) is 3.36. The number of para-hydroxylation sites is 1. The van der Waals surface area contributed by atoms with E-state index < -0.39 is 0 Å². The van der Waals surface area contributed by atoms with E-state index in [1.54, 1.807) is 0 Å². The molecule has 5 nitrogen and oxygen atoms in total. The third-order valence-electron chi connectivity index (χ3n) is 4.86. The molecule has 1 aromatic heterocycles. The molecule has 3 aromatic rings. The third-order valence-corrected chi connectivity index (χ3v) is 4.86. The first kappa shape index (κ1) is 15.8. The molecular formula is C20H22N4O. The van der Waals surface area contributed by atoms with Gasteiger partial charge in [-0.3, -0.25) is 9.36 Å². The normalized spacial score (nSPS) is 15.3. The van der Waals surface area contributed by atoms with Crippen LogP contribution in [0.3, 0.4) is 0 Å². The van der Waals surface area contributed by atoms with Gasteiger partial charge in [0, 0.05) is 23.8 Å². The summed E-state index contributed by atoms with van der Waals surface area (Å²) < 4.78 is 2.10. The van der Waals surface area contributed by atoms with E-state index in [4.69, 9.17) is 5.73 Å². The Labute approximate surface area is 146 Å². The van der Waals surface area contributed by atoms with Gasteiger partial charge in [-0.05, 0) is 56.0 Å². The predicted octanol–water partition coefficient (Wildman–Crippen LogP) is 2.80. The summed E-state index contributed by atoms with van der Waals surface area (Å²) in [7, 11) is 0. The quantitative estimate of drug-likeness (QED) is 0.753. The van der Waals surface area contributed by atoms with E-state index >= 15 is 0 Å². The minimum Gasteiger partial charge on any atom is -0.348 e. The van der Waals surface area contributed by atoms with E-state index in [1.807, 2.05) is 43.3 Å². The lowest BCUT2D eigenvalue weighted by molar-refractivity contribution is 0.0933. The molecule has 4 rings (SSSR count). The van der Waals surface area contributed by atoms with Crippen LogP contribution < -0.4 is 11.1 Å². The number of rotatable bonds is 5. The highest BCUT2D eigenvalue weighted by Crippen LogP contribution is 2.32. The van der Waals surface area contributed by atoms with E-state index in [0.29, 0.717) is 18.0 Å². The van der Waals surface area contributed by atoms with Gasteiger partial charge in [-0.25, -0.2) is 4.98 Å². The van der Waals surface area contributed by atoms with Crippen LogP contribution >= 0.6 is 0 Å². The van der Waals surface area contributed by atoms with Crippen LogP contribution in [0.5, 0.6) is 0 Å². The number of carbonyl (C=O) groups excluding carboxylic acids is 1. The molecule has 0 saturated heterocycles. The van der Waals surface area contributed by atoms with Crippen LogP contribution in [0.2, 0.25) is 0 Å². The van der Waals surface area contributed by atoms with E-state index in [1.165, 1.54) is 0 Å². The summed E-state index contributed by atoms with van der Waals surface area (Å²) in [5, 5.41) is 3.06. The largest absolute Gasteiger partial charge is 0.348 e. The predicted molar refractivity (Wildman–Crippen MR) is 98.8 cm³/mol. The Bertz CT molecular complexity index is 912. The van der Waals surface area contributed by atoms with Gasteiger partial charge in [-0.15, -0.1) is 0 Å². The Morgan fingerprint density at radius 3 is 2.72 bits per heavy atom.